The monoisotopic (exact) mass is 370 g/mol. The van der Waals surface area contributed by atoms with Crippen molar-refractivity contribution in [1.82, 2.24) is 0 Å². The summed E-state index contributed by atoms with van der Waals surface area (Å²) >= 11 is 3.32. The molecule has 1 unspecified atom stereocenters. The molecule has 0 aliphatic rings. The lowest BCUT2D eigenvalue weighted by Crippen LogP contribution is -2.09. The Bertz CT molecular complexity index is 722. The molecular formula is C15H16BrO2PS. The Kier molecular flexibility index (Phi) is 4.68. The van der Waals surface area contributed by atoms with E-state index in [1.807, 2.05) is 26.0 Å². The Balaban J connectivity index is 2.65. The van der Waals surface area contributed by atoms with E-state index in [9.17, 15) is 8.42 Å². The third kappa shape index (κ3) is 3.13. The van der Waals surface area contributed by atoms with Crippen molar-refractivity contribution in [3.63, 3.8) is 0 Å². The SMILES string of the molecule is CC(C)c1ccc(P)cc1S(=O)(=O)c1ccc(Br)cc1. The van der Waals surface area contributed by atoms with Gasteiger partial charge in [-0.25, -0.2) is 8.42 Å². The van der Waals surface area contributed by atoms with Crippen molar-refractivity contribution in [2.75, 3.05) is 0 Å². The van der Waals surface area contributed by atoms with Crippen LogP contribution in [0.2, 0.25) is 0 Å². The highest BCUT2D eigenvalue weighted by molar-refractivity contribution is 9.10. The van der Waals surface area contributed by atoms with Crippen LogP contribution >= 0.6 is 25.2 Å². The van der Waals surface area contributed by atoms with E-state index in [2.05, 4.69) is 25.2 Å². The summed E-state index contributed by atoms with van der Waals surface area (Å²) in [6.07, 6.45) is 0. The van der Waals surface area contributed by atoms with Crippen LogP contribution in [0.5, 0.6) is 0 Å². The van der Waals surface area contributed by atoms with E-state index < -0.39 is 9.84 Å². The van der Waals surface area contributed by atoms with Crippen LogP contribution in [-0.2, 0) is 9.84 Å². The summed E-state index contributed by atoms with van der Waals surface area (Å²) in [7, 11) is -0.939. The van der Waals surface area contributed by atoms with Gasteiger partial charge in [-0.1, -0.05) is 41.9 Å². The van der Waals surface area contributed by atoms with E-state index in [0.717, 1.165) is 15.3 Å². The molecule has 0 saturated carbocycles. The molecule has 2 rings (SSSR count). The first-order valence-electron chi connectivity index (χ1n) is 6.22. The van der Waals surface area contributed by atoms with Crippen molar-refractivity contribution < 1.29 is 8.42 Å². The molecule has 0 aliphatic carbocycles. The summed E-state index contributed by atoms with van der Waals surface area (Å²) in [6.45, 7) is 4.00. The standard InChI is InChI=1S/C15H16BrO2PS/c1-10(2)14-8-5-12(19)9-15(14)20(17,18)13-6-3-11(16)4-7-13/h3-10H,19H2,1-2H3. The average Bonchev–Trinajstić information content (AvgIpc) is 2.38. The molecule has 0 aliphatic heterocycles. The van der Waals surface area contributed by atoms with Crippen LogP contribution in [0, 0.1) is 0 Å². The predicted molar refractivity (Wildman–Crippen MR) is 89.5 cm³/mol. The van der Waals surface area contributed by atoms with Crippen LogP contribution in [0.1, 0.15) is 25.3 Å². The van der Waals surface area contributed by atoms with Gasteiger partial charge in [-0.05, 0) is 47.1 Å². The van der Waals surface area contributed by atoms with Crippen LogP contribution in [0.4, 0.5) is 0 Å². The van der Waals surface area contributed by atoms with Crippen LogP contribution in [0.15, 0.2) is 56.7 Å². The van der Waals surface area contributed by atoms with Gasteiger partial charge >= 0.3 is 0 Å². The topological polar surface area (TPSA) is 34.1 Å². The van der Waals surface area contributed by atoms with Gasteiger partial charge in [0.15, 0.2) is 0 Å². The largest absolute Gasteiger partial charge is 0.219 e. The molecule has 0 N–H and O–H groups in total. The zero-order valence-corrected chi connectivity index (χ0v) is 14.9. The molecule has 0 aromatic heterocycles. The van der Waals surface area contributed by atoms with Crippen molar-refractivity contribution in [3.8, 4) is 0 Å². The maximum atomic E-state index is 12.8. The van der Waals surface area contributed by atoms with Gasteiger partial charge in [-0.3, -0.25) is 0 Å². The van der Waals surface area contributed by atoms with Crippen molar-refractivity contribution >= 4 is 40.3 Å². The molecule has 5 heteroatoms. The van der Waals surface area contributed by atoms with Crippen LogP contribution in [0.25, 0.3) is 0 Å². The number of halogens is 1. The first kappa shape index (κ1) is 15.7. The van der Waals surface area contributed by atoms with Gasteiger partial charge in [0.05, 0.1) is 9.79 Å². The number of sulfone groups is 1. The molecule has 1 atom stereocenters. The Labute approximate surface area is 130 Å². The summed E-state index contributed by atoms with van der Waals surface area (Å²) in [6, 6.07) is 12.3. The molecule has 0 saturated heterocycles. The third-order valence-electron chi connectivity index (χ3n) is 3.07. The molecule has 2 aromatic carbocycles. The average molecular weight is 371 g/mol. The van der Waals surface area contributed by atoms with Crippen molar-refractivity contribution in [3.05, 3.63) is 52.5 Å². The molecule has 0 heterocycles. The lowest BCUT2D eigenvalue weighted by atomic mass is 10.0. The molecular weight excluding hydrogens is 355 g/mol. The fraction of sp³-hybridized carbons (Fsp3) is 0.200. The van der Waals surface area contributed by atoms with E-state index in [4.69, 9.17) is 0 Å². The highest BCUT2D eigenvalue weighted by atomic mass is 79.9. The minimum atomic E-state index is -3.49. The minimum Gasteiger partial charge on any atom is -0.219 e. The first-order valence-corrected chi connectivity index (χ1v) is 9.08. The minimum absolute atomic E-state index is 0.154. The van der Waals surface area contributed by atoms with Gasteiger partial charge in [0.2, 0.25) is 9.84 Å². The van der Waals surface area contributed by atoms with Gasteiger partial charge in [0, 0.05) is 4.47 Å². The summed E-state index contributed by atoms with van der Waals surface area (Å²) in [4.78, 5) is 0.709. The molecule has 0 amide bonds. The molecule has 2 aromatic rings. The molecule has 2 nitrogen and oxygen atoms in total. The second-order valence-corrected chi connectivity index (χ2v) is 8.41. The molecule has 0 radical (unpaired) electrons. The van der Waals surface area contributed by atoms with Gasteiger partial charge in [0.25, 0.3) is 0 Å². The third-order valence-corrected chi connectivity index (χ3v) is 5.79. The smallest absolute Gasteiger partial charge is 0.206 e. The highest BCUT2D eigenvalue weighted by Crippen LogP contribution is 2.29. The maximum absolute atomic E-state index is 12.8. The van der Waals surface area contributed by atoms with E-state index >= 15 is 0 Å². The number of hydrogen-bond acceptors (Lipinski definition) is 2. The number of benzene rings is 2. The van der Waals surface area contributed by atoms with Gasteiger partial charge in [-0.15, -0.1) is 9.24 Å². The van der Waals surface area contributed by atoms with Crippen LogP contribution < -0.4 is 5.30 Å². The quantitative estimate of drug-likeness (QED) is 0.767. The molecule has 20 heavy (non-hydrogen) atoms. The second kappa shape index (κ2) is 5.97. The molecule has 0 bridgehead atoms. The maximum Gasteiger partial charge on any atom is 0.206 e. The summed E-state index contributed by atoms with van der Waals surface area (Å²) < 4.78 is 26.5. The number of hydrogen-bond donors (Lipinski definition) is 0. The van der Waals surface area contributed by atoms with Crippen LogP contribution in [-0.4, -0.2) is 8.42 Å². The van der Waals surface area contributed by atoms with Crippen molar-refractivity contribution in [2.24, 2.45) is 0 Å². The zero-order valence-electron chi connectivity index (χ0n) is 11.3. The summed E-state index contributed by atoms with van der Waals surface area (Å²) in [5, 5.41) is 0.866. The first-order chi connectivity index (χ1) is 9.32. The fourth-order valence-corrected chi connectivity index (χ4v) is 4.30. The lowest BCUT2D eigenvalue weighted by Gasteiger charge is -2.14. The predicted octanol–water partition coefficient (Wildman–Crippen LogP) is 3.91. The molecule has 106 valence electrons. The Morgan fingerprint density at radius 3 is 2.20 bits per heavy atom. The van der Waals surface area contributed by atoms with E-state index in [1.165, 1.54) is 0 Å². The second-order valence-electron chi connectivity index (χ2n) is 4.91. The Morgan fingerprint density at radius 1 is 1.05 bits per heavy atom. The van der Waals surface area contributed by atoms with E-state index in [0.29, 0.717) is 9.79 Å². The normalized spacial score (nSPS) is 11.8. The van der Waals surface area contributed by atoms with Crippen molar-refractivity contribution in [1.29, 1.82) is 0 Å². The van der Waals surface area contributed by atoms with Gasteiger partial charge in [-0.2, -0.15) is 0 Å². The van der Waals surface area contributed by atoms with Crippen molar-refractivity contribution in [2.45, 2.75) is 29.6 Å². The Morgan fingerprint density at radius 2 is 1.65 bits per heavy atom. The molecule has 0 fully saturated rings. The number of rotatable bonds is 3. The lowest BCUT2D eigenvalue weighted by molar-refractivity contribution is 0.594. The van der Waals surface area contributed by atoms with E-state index in [1.54, 1.807) is 30.3 Å². The Hall–Kier alpha value is -0.700. The van der Waals surface area contributed by atoms with E-state index in [-0.39, 0.29) is 5.92 Å². The molecule has 0 spiro atoms. The fourth-order valence-electron chi connectivity index (χ4n) is 2.00. The van der Waals surface area contributed by atoms with Crippen LogP contribution in [0.3, 0.4) is 0 Å². The zero-order chi connectivity index (χ0) is 14.9. The summed E-state index contributed by atoms with van der Waals surface area (Å²) in [5.41, 5.74) is 0.846. The van der Waals surface area contributed by atoms with Gasteiger partial charge < -0.3 is 0 Å². The summed E-state index contributed by atoms with van der Waals surface area (Å²) in [5.74, 6) is 0.154. The van der Waals surface area contributed by atoms with Gasteiger partial charge in [0.1, 0.15) is 0 Å². The highest BCUT2D eigenvalue weighted by Gasteiger charge is 2.22.